The second kappa shape index (κ2) is 60.4. The van der Waals surface area contributed by atoms with Crippen molar-refractivity contribution in [2.24, 2.45) is 83.2 Å². The number of hydrogen-bond acceptors (Lipinski definition) is 12. The summed E-state index contributed by atoms with van der Waals surface area (Å²) in [6, 6.07) is 23.4. The maximum atomic E-state index is 12.5. The summed E-state index contributed by atoms with van der Waals surface area (Å²) in [6.07, 6.45) is 21.1. The maximum absolute atomic E-state index is 12.5. The van der Waals surface area contributed by atoms with Crippen LogP contribution in [0.5, 0.6) is 0 Å². The first-order valence-electron chi connectivity index (χ1n) is 56.6. The Morgan fingerprint density at radius 1 is 0.254 bits per heavy atom. The molecule has 3 fully saturated rings. The second-order valence-electron chi connectivity index (χ2n) is 56.5. The Morgan fingerprint density at radius 2 is 0.486 bits per heavy atom. The van der Waals surface area contributed by atoms with Gasteiger partial charge in [-0.05, 0) is 387 Å². The molecule has 3 saturated carbocycles. The van der Waals surface area contributed by atoms with E-state index in [4.69, 9.17) is 28.4 Å². The Bertz CT molecular complexity index is 3880. The molecule has 3 aromatic rings. The van der Waals surface area contributed by atoms with Gasteiger partial charge in [-0.25, -0.2) is 0 Å². The molecule has 3 aromatic carbocycles. The van der Waals surface area contributed by atoms with E-state index < -0.39 is 0 Å². The van der Waals surface area contributed by atoms with Crippen LogP contribution in [0.2, 0.25) is 0 Å². The highest BCUT2D eigenvalue weighted by molar-refractivity contribution is 5.78. The zero-order chi connectivity index (χ0) is 112. The van der Waals surface area contributed by atoms with E-state index in [0.717, 1.165) is 88.9 Å². The van der Waals surface area contributed by atoms with Crippen LogP contribution in [0.1, 0.15) is 597 Å². The van der Waals surface area contributed by atoms with Crippen LogP contribution in [0, 0.1) is 83.2 Å². The van der Waals surface area contributed by atoms with E-state index in [2.05, 4.69) is 303 Å². The molecule has 0 spiro atoms. The van der Waals surface area contributed by atoms with Crippen LogP contribution in [-0.4, -0.2) is 72.4 Å². The average molecular weight is 1990 g/mol. The fourth-order valence-corrected chi connectivity index (χ4v) is 15.4. The van der Waals surface area contributed by atoms with Gasteiger partial charge in [-0.15, -0.1) is 0 Å². The zero-order valence-electron chi connectivity index (χ0n) is 104. The molecule has 12 nitrogen and oxygen atoms in total. The van der Waals surface area contributed by atoms with Gasteiger partial charge in [0.2, 0.25) is 0 Å². The second-order valence-corrected chi connectivity index (χ2v) is 56.5. The van der Waals surface area contributed by atoms with Crippen molar-refractivity contribution in [1.29, 1.82) is 0 Å². The highest BCUT2D eigenvalue weighted by atomic mass is 16.6. The lowest BCUT2D eigenvalue weighted by atomic mass is 9.62. The first-order chi connectivity index (χ1) is 64.0. The van der Waals surface area contributed by atoms with Crippen LogP contribution in [-0.2, 0) is 73.4 Å². The van der Waals surface area contributed by atoms with Crippen LogP contribution < -0.4 is 0 Å². The Labute approximate surface area is 881 Å². The molecule has 3 aliphatic rings. The van der Waals surface area contributed by atoms with Crippen LogP contribution in [0.15, 0.2) is 60.7 Å². The van der Waals surface area contributed by atoms with Gasteiger partial charge in [0.15, 0.2) is 0 Å². The Hall–Kier alpha value is -5.52. The molecule has 142 heavy (non-hydrogen) atoms. The Kier molecular flexibility index (Phi) is 59.8. The third kappa shape index (κ3) is 53.1. The molecule has 828 valence electrons. The smallest absolute Gasteiger partial charge is 0.311 e. The number of ether oxygens (including phenoxy) is 6. The summed E-state index contributed by atoms with van der Waals surface area (Å²) in [6.45, 7) is 122. The summed E-state index contributed by atoms with van der Waals surface area (Å²) in [7, 11) is 0. The highest BCUT2D eigenvalue weighted by Gasteiger charge is 2.44. The Morgan fingerprint density at radius 3 is 0.711 bits per heavy atom. The lowest BCUT2D eigenvalue weighted by Crippen LogP contribution is -2.41. The summed E-state index contributed by atoms with van der Waals surface area (Å²) in [5.41, 5.74) is 11.8. The van der Waals surface area contributed by atoms with Crippen molar-refractivity contribution in [2.75, 3.05) is 0 Å². The SMILES string of the molecule is CCC(C)(C)C(=O)OC(C)C.CCC(C)(C)C(=O)OC(C)C.CCC(C)(C)C(=O)OC(C)C(C)(C)C.CCC(C)(C)C(=O)OC1CC(C(C)(C)C)CC(C(C)(C)C)C1.CCC(C)(C)C(=O)OC1CCC(C(C)(C)C)CC1.CCC(C)(C)C(=O)OC1CCC(C(C)(C)C)CC1.CCC(C)c1cc(C(C)(C)C)cc(C(C)(C)C)c1.CCC(C)c1cc(C(C)C)cc(C(C)C)c1.CCC(C)c1ccc(C(C)(C)C)cc1. The molecule has 0 radical (unpaired) electrons. The lowest BCUT2D eigenvalue weighted by Gasteiger charge is -2.45. The number of benzene rings is 3. The van der Waals surface area contributed by atoms with Crippen molar-refractivity contribution >= 4 is 35.8 Å². The van der Waals surface area contributed by atoms with E-state index >= 15 is 0 Å². The largest absolute Gasteiger partial charge is 0.463 e. The number of hydrogen-bond donors (Lipinski definition) is 0. The predicted molar refractivity (Wildman–Crippen MR) is 614 cm³/mol. The third-order valence-corrected chi connectivity index (χ3v) is 31.9. The van der Waals surface area contributed by atoms with E-state index in [0.29, 0.717) is 52.3 Å². The number of rotatable bonds is 26. The van der Waals surface area contributed by atoms with Gasteiger partial charge in [-0.1, -0.05) is 338 Å². The van der Waals surface area contributed by atoms with Crippen molar-refractivity contribution in [2.45, 2.75) is 606 Å². The Balaban J connectivity index is -0.00000154. The minimum Gasteiger partial charge on any atom is -0.463 e. The van der Waals surface area contributed by atoms with Gasteiger partial charge >= 0.3 is 35.8 Å². The quantitative estimate of drug-likeness (QED) is 0.0554. The van der Waals surface area contributed by atoms with E-state index in [1.54, 1.807) is 0 Å². The summed E-state index contributed by atoms with van der Waals surface area (Å²) in [4.78, 5) is 70.8. The summed E-state index contributed by atoms with van der Waals surface area (Å²) in [5.74, 6) is 5.67. The van der Waals surface area contributed by atoms with Gasteiger partial charge in [-0.3, -0.25) is 28.8 Å². The number of esters is 6. The topological polar surface area (TPSA) is 158 Å². The van der Waals surface area contributed by atoms with Crippen molar-refractivity contribution in [3.8, 4) is 0 Å². The first-order valence-corrected chi connectivity index (χ1v) is 56.6. The minimum absolute atomic E-state index is 0.00618. The molecule has 6 unspecified atom stereocenters. The molecular weight excluding hydrogens is 1750 g/mol. The molecule has 0 N–H and O–H groups in total. The molecule has 6 rings (SSSR count). The van der Waals surface area contributed by atoms with Crippen LogP contribution in [0.3, 0.4) is 0 Å². The molecule has 6 atom stereocenters. The number of carbonyl (C=O) groups is 6. The number of carbonyl (C=O) groups excluding carboxylic acids is 6. The minimum atomic E-state index is -0.369. The third-order valence-electron chi connectivity index (χ3n) is 31.9. The van der Waals surface area contributed by atoms with Gasteiger partial charge in [0.05, 0.1) is 44.7 Å². The maximum Gasteiger partial charge on any atom is 0.311 e. The van der Waals surface area contributed by atoms with Crippen molar-refractivity contribution < 1.29 is 57.2 Å². The summed E-state index contributed by atoms with van der Waals surface area (Å²) >= 11 is 0. The summed E-state index contributed by atoms with van der Waals surface area (Å²) in [5, 5.41) is 0. The highest BCUT2D eigenvalue weighted by Crippen LogP contribution is 2.49. The monoisotopic (exact) mass is 1990 g/mol. The van der Waals surface area contributed by atoms with Crippen molar-refractivity contribution in [1.82, 2.24) is 0 Å². The standard InChI is InChI=1S/C20H38O2.C18H30.2C16H30O2.C16H26.C14H22.C12H24O2.2C9H18O2/c1-10-20(8,9)17(21)22-16-12-14(18(2,3)4)11-15(13-16)19(5,6)7;1-9-13(2)14-10-15(17(3,4)5)12-16(11-14)18(6,7)8;2*1-7-16(5,6)14(17)18-13-10-8-12(9-11-13)15(2,3)4;1-7-13(6)16-9-14(11(2)3)8-15(10-16)12(4)5;1-6-11(2)12-7-9-13(10-8-12)14(3,4)5;1-8-12(6,7)10(13)14-9(2)11(3,4)5;2*1-6-9(4,5)8(10)11-7(2)3/h14-16H,10-13H2,1-9H3;10-13H,9H2,1-8H3;2*12-13H,7-11H2,1-6H3;8-13H,7H2,1-6H3;7-11H,6H2,1-5H3;9H,8H2,1-7H3;2*7H,6H2,1-5H3. The van der Waals surface area contributed by atoms with Gasteiger partial charge < -0.3 is 28.4 Å². The molecule has 0 aromatic heterocycles. The fourth-order valence-electron chi connectivity index (χ4n) is 15.4. The molecule has 0 amide bonds. The molecule has 3 aliphatic carbocycles. The van der Waals surface area contributed by atoms with E-state index in [9.17, 15) is 28.8 Å². The molecule has 12 heteroatoms. The van der Waals surface area contributed by atoms with E-state index in [1.165, 1.54) is 95.9 Å². The molecule has 0 bridgehead atoms. The van der Waals surface area contributed by atoms with Crippen molar-refractivity contribution in [3.05, 3.63) is 105 Å². The first kappa shape index (κ1) is 141. The van der Waals surface area contributed by atoms with Crippen LogP contribution in [0.4, 0.5) is 0 Å². The fraction of sp³-hybridized carbons (Fsp3) is 0.815. The van der Waals surface area contributed by atoms with E-state index in [1.807, 2.05) is 152 Å². The van der Waals surface area contributed by atoms with Gasteiger partial charge in [0.1, 0.15) is 24.4 Å². The predicted octanol–water partition coefficient (Wildman–Crippen LogP) is 38.9. The molecule has 0 heterocycles. The molecule has 0 aliphatic heterocycles. The normalized spacial score (nSPS) is 18.9. The van der Waals surface area contributed by atoms with E-state index in [-0.39, 0.29) is 137 Å². The molecule has 0 saturated heterocycles. The lowest BCUT2D eigenvalue weighted by molar-refractivity contribution is -0.165. The molecular formula is C130H236O12. The van der Waals surface area contributed by atoms with Crippen LogP contribution in [0.25, 0.3) is 0 Å². The summed E-state index contributed by atoms with van der Waals surface area (Å²) < 4.78 is 32.9. The zero-order valence-corrected chi connectivity index (χ0v) is 104. The van der Waals surface area contributed by atoms with Gasteiger partial charge in [0.25, 0.3) is 0 Å². The average Bonchev–Trinajstić information content (AvgIpc) is 0.803. The van der Waals surface area contributed by atoms with Gasteiger partial charge in [-0.2, -0.15) is 0 Å². The van der Waals surface area contributed by atoms with Gasteiger partial charge in [0, 0.05) is 0 Å². The van der Waals surface area contributed by atoms with Crippen LogP contribution >= 0.6 is 0 Å². The van der Waals surface area contributed by atoms with Crippen molar-refractivity contribution in [3.63, 3.8) is 0 Å².